The Labute approximate surface area is 152 Å². The number of hydrogen-bond donors (Lipinski definition) is 1. The summed E-state index contributed by atoms with van der Waals surface area (Å²) < 4.78 is 0. The molecule has 1 heterocycles. The van der Waals surface area contributed by atoms with Crippen molar-refractivity contribution >= 4 is 35.1 Å². The Morgan fingerprint density at radius 3 is 2.54 bits per heavy atom. The van der Waals surface area contributed by atoms with Crippen LogP contribution in [0, 0.1) is 0 Å². The first-order valence-corrected chi connectivity index (χ1v) is 8.56. The molecule has 1 fully saturated rings. The molecule has 0 atom stereocenters. The van der Waals surface area contributed by atoms with E-state index in [9.17, 15) is 4.79 Å². The monoisotopic (exact) mass is 368 g/mol. The van der Waals surface area contributed by atoms with Crippen LogP contribution in [0.1, 0.15) is 5.56 Å². The van der Waals surface area contributed by atoms with Gasteiger partial charge in [0.1, 0.15) is 0 Å². The van der Waals surface area contributed by atoms with Gasteiger partial charge in [0.2, 0.25) is 5.91 Å². The summed E-state index contributed by atoms with van der Waals surface area (Å²) in [6.45, 7) is 6.93. The predicted octanol–water partition coefficient (Wildman–Crippen LogP) is 2.35. The number of hydrogen-bond acceptors (Lipinski definition) is 2. The average Bonchev–Trinajstić information content (AvgIpc) is 2.55. The van der Waals surface area contributed by atoms with Gasteiger partial charge < -0.3 is 15.1 Å². The maximum atomic E-state index is 12.4. The van der Waals surface area contributed by atoms with E-state index in [1.54, 1.807) is 7.05 Å². The SMILES string of the molecule is C=C(Cl)CNC(=NC)N1CCN(C(=O)Cc2cccc(Cl)c2)CC1. The minimum atomic E-state index is 0.119. The van der Waals surface area contributed by atoms with E-state index in [1.807, 2.05) is 29.2 Å². The van der Waals surface area contributed by atoms with Crippen LogP contribution in [0.25, 0.3) is 0 Å². The van der Waals surface area contributed by atoms with Gasteiger partial charge in [-0.3, -0.25) is 9.79 Å². The van der Waals surface area contributed by atoms with E-state index in [0.29, 0.717) is 36.1 Å². The quantitative estimate of drug-likeness (QED) is 0.655. The number of aliphatic imine (C=N–C) groups is 1. The van der Waals surface area contributed by atoms with Crippen LogP contribution in [0.2, 0.25) is 5.02 Å². The zero-order chi connectivity index (χ0) is 17.5. The van der Waals surface area contributed by atoms with Gasteiger partial charge in [0.15, 0.2) is 5.96 Å². The Morgan fingerprint density at radius 2 is 1.96 bits per heavy atom. The molecule has 0 bridgehead atoms. The summed E-state index contributed by atoms with van der Waals surface area (Å²) in [6.07, 6.45) is 0.375. The van der Waals surface area contributed by atoms with Gasteiger partial charge in [0.25, 0.3) is 0 Å². The van der Waals surface area contributed by atoms with E-state index in [-0.39, 0.29) is 5.91 Å². The van der Waals surface area contributed by atoms with Crippen molar-refractivity contribution in [3.63, 3.8) is 0 Å². The molecule has 0 unspecified atom stereocenters. The number of nitrogens with zero attached hydrogens (tertiary/aromatic N) is 3. The van der Waals surface area contributed by atoms with Crippen LogP contribution in [0.5, 0.6) is 0 Å². The molecule has 1 N–H and O–H groups in total. The van der Waals surface area contributed by atoms with Crippen molar-refractivity contribution < 1.29 is 4.79 Å². The number of halogens is 2. The Bertz CT molecular complexity index is 625. The first-order chi connectivity index (χ1) is 11.5. The van der Waals surface area contributed by atoms with Gasteiger partial charge in [-0.1, -0.05) is 41.9 Å². The first kappa shape index (κ1) is 18.6. The smallest absolute Gasteiger partial charge is 0.227 e. The molecule has 1 aliphatic rings. The van der Waals surface area contributed by atoms with Crippen molar-refractivity contribution in [2.24, 2.45) is 4.99 Å². The number of nitrogens with one attached hydrogen (secondary N) is 1. The van der Waals surface area contributed by atoms with Gasteiger partial charge in [-0.05, 0) is 17.7 Å². The lowest BCUT2D eigenvalue weighted by Crippen LogP contribution is -2.54. The molecule has 0 radical (unpaired) electrons. The summed E-state index contributed by atoms with van der Waals surface area (Å²) in [5, 5.41) is 4.34. The molecule has 1 aliphatic heterocycles. The summed E-state index contributed by atoms with van der Waals surface area (Å²) in [7, 11) is 1.73. The summed E-state index contributed by atoms with van der Waals surface area (Å²) in [4.78, 5) is 20.7. The van der Waals surface area contributed by atoms with Crippen molar-refractivity contribution in [2.45, 2.75) is 6.42 Å². The standard InChI is InChI=1S/C17H22Cl2N4O/c1-13(18)12-21-17(20-2)23-8-6-22(7-9-23)16(24)11-14-4-3-5-15(19)10-14/h3-5,10H,1,6-9,11-12H2,2H3,(H,20,21). The Hall–Kier alpha value is -1.72. The zero-order valence-electron chi connectivity index (χ0n) is 13.8. The maximum Gasteiger partial charge on any atom is 0.227 e. The van der Waals surface area contributed by atoms with E-state index in [4.69, 9.17) is 23.2 Å². The summed E-state index contributed by atoms with van der Waals surface area (Å²) in [6, 6.07) is 7.43. The number of carbonyl (C=O) groups excluding carboxylic acids is 1. The van der Waals surface area contributed by atoms with Crippen molar-refractivity contribution in [2.75, 3.05) is 39.8 Å². The molecule has 1 aromatic carbocycles. The number of benzene rings is 1. The van der Waals surface area contributed by atoms with Crippen LogP contribution >= 0.6 is 23.2 Å². The van der Waals surface area contributed by atoms with Gasteiger partial charge in [-0.15, -0.1) is 0 Å². The molecule has 0 aromatic heterocycles. The van der Waals surface area contributed by atoms with E-state index in [1.165, 1.54) is 0 Å². The van der Waals surface area contributed by atoms with Crippen molar-refractivity contribution in [3.8, 4) is 0 Å². The Balaban J connectivity index is 1.85. The van der Waals surface area contributed by atoms with Crippen LogP contribution in [0.15, 0.2) is 40.9 Å². The van der Waals surface area contributed by atoms with E-state index >= 15 is 0 Å². The summed E-state index contributed by atoms with van der Waals surface area (Å²) >= 11 is 11.7. The van der Waals surface area contributed by atoms with E-state index < -0.39 is 0 Å². The second kappa shape index (κ2) is 8.94. The normalized spacial score (nSPS) is 15.4. The highest BCUT2D eigenvalue weighted by molar-refractivity contribution is 6.30. The lowest BCUT2D eigenvalue weighted by atomic mass is 10.1. The van der Waals surface area contributed by atoms with Gasteiger partial charge in [0.05, 0.1) is 13.0 Å². The van der Waals surface area contributed by atoms with Crippen LogP contribution in [0.4, 0.5) is 0 Å². The topological polar surface area (TPSA) is 47.9 Å². The third-order valence-electron chi connectivity index (χ3n) is 3.83. The van der Waals surface area contributed by atoms with Crippen LogP contribution in [-0.4, -0.2) is 61.4 Å². The third-order valence-corrected chi connectivity index (χ3v) is 4.20. The second-order valence-electron chi connectivity index (χ2n) is 5.59. The molecule has 2 rings (SSSR count). The van der Waals surface area contributed by atoms with E-state index in [0.717, 1.165) is 24.6 Å². The minimum Gasteiger partial charge on any atom is -0.351 e. The predicted molar refractivity (Wildman–Crippen MR) is 99.7 cm³/mol. The number of guanidine groups is 1. The molecule has 1 aromatic rings. The fourth-order valence-corrected chi connectivity index (χ4v) is 2.89. The summed E-state index contributed by atoms with van der Waals surface area (Å²) in [5.41, 5.74) is 0.938. The zero-order valence-corrected chi connectivity index (χ0v) is 15.3. The molecule has 0 aliphatic carbocycles. The molecule has 0 spiro atoms. The largest absolute Gasteiger partial charge is 0.351 e. The molecule has 7 heteroatoms. The maximum absolute atomic E-state index is 12.4. The highest BCUT2D eigenvalue weighted by atomic mass is 35.5. The van der Waals surface area contributed by atoms with Gasteiger partial charge in [-0.2, -0.15) is 0 Å². The van der Waals surface area contributed by atoms with Crippen LogP contribution < -0.4 is 5.32 Å². The molecule has 0 saturated carbocycles. The molecular formula is C17H22Cl2N4O. The van der Waals surface area contributed by atoms with Crippen molar-refractivity contribution in [3.05, 3.63) is 46.5 Å². The minimum absolute atomic E-state index is 0.119. The summed E-state index contributed by atoms with van der Waals surface area (Å²) in [5.74, 6) is 0.896. The number of carbonyl (C=O) groups is 1. The number of rotatable bonds is 4. The second-order valence-corrected chi connectivity index (χ2v) is 6.56. The van der Waals surface area contributed by atoms with Gasteiger partial charge in [-0.25, -0.2) is 0 Å². The number of piperazine rings is 1. The highest BCUT2D eigenvalue weighted by Gasteiger charge is 2.23. The van der Waals surface area contributed by atoms with Gasteiger partial charge >= 0.3 is 0 Å². The van der Waals surface area contributed by atoms with E-state index in [2.05, 4.69) is 21.8 Å². The fourth-order valence-electron chi connectivity index (χ4n) is 2.61. The van der Waals surface area contributed by atoms with Crippen LogP contribution in [0.3, 0.4) is 0 Å². The first-order valence-electron chi connectivity index (χ1n) is 7.80. The number of amides is 1. The molecule has 24 heavy (non-hydrogen) atoms. The molecular weight excluding hydrogens is 347 g/mol. The fraction of sp³-hybridized carbons (Fsp3) is 0.412. The third kappa shape index (κ3) is 5.42. The van der Waals surface area contributed by atoms with Crippen molar-refractivity contribution in [1.82, 2.24) is 15.1 Å². The van der Waals surface area contributed by atoms with Crippen LogP contribution in [-0.2, 0) is 11.2 Å². The molecule has 5 nitrogen and oxygen atoms in total. The molecule has 1 amide bonds. The molecule has 130 valence electrons. The van der Waals surface area contributed by atoms with Crippen molar-refractivity contribution in [1.29, 1.82) is 0 Å². The lowest BCUT2D eigenvalue weighted by molar-refractivity contribution is -0.131. The lowest BCUT2D eigenvalue weighted by Gasteiger charge is -2.36. The Kier molecular flexibility index (Phi) is 6.94. The highest BCUT2D eigenvalue weighted by Crippen LogP contribution is 2.13. The average molecular weight is 369 g/mol. The van der Waals surface area contributed by atoms with Gasteiger partial charge in [0, 0.05) is 43.3 Å². The molecule has 1 saturated heterocycles. The Morgan fingerprint density at radius 1 is 1.29 bits per heavy atom.